The Labute approximate surface area is 109 Å². The van der Waals surface area contributed by atoms with Crippen LogP contribution in [0.15, 0.2) is 23.6 Å². The van der Waals surface area contributed by atoms with E-state index in [2.05, 4.69) is 31.3 Å². The van der Waals surface area contributed by atoms with Crippen LogP contribution in [-0.4, -0.2) is 24.5 Å². The minimum atomic E-state index is -1.08. The molecule has 1 aromatic heterocycles. The standard InChI is InChI=1S/C13H22N2O2Si/c1-11(2)12-8-13(16)15(14-9-12)10-17-6-7-18(3,4)5/h8-9H,1,6-7,10H2,2-5H3. The van der Waals surface area contributed by atoms with E-state index in [0.29, 0.717) is 6.61 Å². The van der Waals surface area contributed by atoms with Crippen LogP contribution in [0.3, 0.4) is 0 Å². The average molecular weight is 266 g/mol. The fourth-order valence-electron chi connectivity index (χ4n) is 1.29. The third-order valence-electron chi connectivity index (χ3n) is 2.57. The molecule has 5 heteroatoms. The van der Waals surface area contributed by atoms with Gasteiger partial charge in [-0.25, -0.2) is 4.68 Å². The third-order valence-corrected chi connectivity index (χ3v) is 4.28. The van der Waals surface area contributed by atoms with E-state index in [9.17, 15) is 4.79 Å². The van der Waals surface area contributed by atoms with Crippen LogP contribution in [0.5, 0.6) is 0 Å². The number of nitrogens with zero attached hydrogens (tertiary/aromatic N) is 2. The second-order valence-electron chi connectivity index (χ2n) is 5.71. The summed E-state index contributed by atoms with van der Waals surface area (Å²) < 4.78 is 6.82. The van der Waals surface area contributed by atoms with E-state index in [1.165, 1.54) is 10.7 Å². The summed E-state index contributed by atoms with van der Waals surface area (Å²) >= 11 is 0. The summed E-state index contributed by atoms with van der Waals surface area (Å²) in [6, 6.07) is 2.63. The van der Waals surface area contributed by atoms with Gasteiger partial charge >= 0.3 is 0 Å². The number of aromatic nitrogens is 2. The van der Waals surface area contributed by atoms with Gasteiger partial charge in [0.25, 0.3) is 5.56 Å². The molecule has 18 heavy (non-hydrogen) atoms. The number of hydrogen-bond donors (Lipinski definition) is 0. The zero-order valence-corrected chi connectivity index (χ0v) is 12.7. The predicted molar refractivity (Wildman–Crippen MR) is 77.3 cm³/mol. The summed E-state index contributed by atoms with van der Waals surface area (Å²) in [5.74, 6) is 0. The first kappa shape index (κ1) is 14.9. The number of rotatable bonds is 6. The van der Waals surface area contributed by atoms with E-state index in [1.807, 2.05) is 6.92 Å². The Hall–Kier alpha value is -1.20. The third kappa shape index (κ3) is 4.97. The zero-order valence-electron chi connectivity index (χ0n) is 11.7. The lowest BCUT2D eigenvalue weighted by atomic mass is 10.2. The van der Waals surface area contributed by atoms with Crippen LogP contribution in [0.1, 0.15) is 12.5 Å². The molecule has 0 aliphatic rings. The summed E-state index contributed by atoms with van der Waals surface area (Å²) in [5, 5.41) is 4.06. The SMILES string of the molecule is C=C(C)c1cnn(COCC[Si](C)(C)C)c(=O)c1. The van der Waals surface area contributed by atoms with Gasteiger partial charge in [0.15, 0.2) is 0 Å². The first-order valence-corrected chi connectivity index (χ1v) is 9.81. The predicted octanol–water partition coefficient (Wildman–Crippen LogP) is 2.59. The topological polar surface area (TPSA) is 44.1 Å². The normalized spacial score (nSPS) is 11.6. The monoisotopic (exact) mass is 266 g/mol. The minimum Gasteiger partial charge on any atom is -0.359 e. The smallest absolute Gasteiger partial charge is 0.269 e. The fraction of sp³-hybridized carbons (Fsp3) is 0.538. The molecule has 0 aliphatic heterocycles. The van der Waals surface area contributed by atoms with Crippen molar-refractivity contribution in [1.29, 1.82) is 0 Å². The van der Waals surface area contributed by atoms with Crippen LogP contribution in [-0.2, 0) is 11.5 Å². The molecule has 4 nitrogen and oxygen atoms in total. The Morgan fingerprint density at radius 3 is 2.67 bits per heavy atom. The molecule has 0 radical (unpaired) electrons. The fourth-order valence-corrected chi connectivity index (χ4v) is 2.05. The van der Waals surface area contributed by atoms with Crippen molar-refractivity contribution in [2.24, 2.45) is 0 Å². The lowest BCUT2D eigenvalue weighted by Crippen LogP contribution is -2.26. The van der Waals surface area contributed by atoms with Crippen LogP contribution in [0.2, 0.25) is 25.7 Å². The van der Waals surface area contributed by atoms with E-state index in [4.69, 9.17) is 4.74 Å². The van der Waals surface area contributed by atoms with Crippen molar-refractivity contribution in [3.63, 3.8) is 0 Å². The summed E-state index contributed by atoms with van der Waals surface area (Å²) in [5.41, 5.74) is 1.47. The van der Waals surface area contributed by atoms with Crippen molar-refractivity contribution < 1.29 is 4.74 Å². The zero-order chi connectivity index (χ0) is 13.8. The van der Waals surface area contributed by atoms with Crippen molar-refractivity contribution in [3.8, 4) is 0 Å². The van der Waals surface area contributed by atoms with E-state index in [-0.39, 0.29) is 12.3 Å². The van der Waals surface area contributed by atoms with Crippen LogP contribution in [0.4, 0.5) is 0 Å². The summed E-state index contributed by atoms with van der Waals surface area (Å²) in [4.78, 5) is 11.7. The molecular weight excluding hydrogens is 244 g/mol. The Kier molecular flexibility index (Phi) is 5.04. The molecule has 0 amide bonds. The molecule has 0 aliphatic carbocycles. The van der Waals surface area contributed by atoms with Gasteiger partial charge in [0, 0.05) is 26.3 Å². The maximum Gasteiger partial charge on any atom is 0.269 e. The van der Waals surface area contributed by atoms with Gasteiger partial charge in [0.05, 0.1) is 6.20 Å². The summed E-state index contributed by atoms with van der Waals surface area (Å²) in [6.45, 7) is 13.4. The Bertz CT molecular complexity index is 475. The van der Waals surface area contributed by atoms with Crippen LogP contribution in [0.25, 0.3) is 5.57 Å². The van der Waals surface area contributed by atoms with Gasteiger partial charge in [-0.1, -0.05) is 26.2 Å². The number of hydrogen-bond acceptors (Lipinski definition) is 3. The Morgan fingerprint density at radius 2 is 2.17 bits per heavy atom. The molecule has 0 N–H and O–H groups in total. The molecule has 0 atom stereocenters. The molecule has 0 fully saturated rings. The van der Waals surface area contributed by atoms with Gasteiger partial charge in [-0.2, -0.15) is 5.10 Å². The Balaban J connectivity index is 2.54. The molecule has 0 saturated heterocycles. The van der Waals surface area contributed by atoms with Gasteiger partial charge in [-0.15, -0.1) is 0 Å². The first-order chi connectivity index (χ1) is 8.29. The quantitative estimate of drug-likeness (QED) is 0.587. The highest BCUT2D eigenvalue weighted by atomic mass is 28.3. The molecular formula is C13H22N2O2Si. The second-order valence-corrected chi connectivity index (χ2v) is 11.3. The maximum absolute atomic E-state index is 11.7. The maximum atomic E-state index is 11.7. The molecule has 0 aromatic carbocycles. The highest BCUT2D eigenvalue weighted by molar-refractivity contribution is 6.76. The lowest BCUT2D eigenvalue weighted by molar-refractivity contribution is 0.0749. The lowest BCUT2D eigenvalue weighted by Gasteiger charge is -2.15. The van der Waals surface area contributed by atoms with Gasteiger partial charge in [0.1, 0.15) is 6.73 Å². The number of allylic oxidation sites excluding steroid dienone is 1. The highest BCUT2D eigenvalue weighted by Crippen LogP contribution is 2.08. The minimum absolute atomic E-state index is 0.150. The van der Waals surface area contributed by atoms with Gasteiger partial charge < -0.3 is 4.74 Å². The van der Waals surface area contributed by atoms with E-state index in [1.54, 1.807) is 6.20 Å². The summed E-state index contributed by atoms with van der Waals surface area (Å²) in [7, 11) is -1.08. The largest absolute Gasteiger partial charge is 0.359 e. The van der Waals surface area contributed by atoms with Gasteiger partial charge in [-0.05, 0) is 18.5 Å². The number of ether oxygens (including phenoxy) is 1. The average Bonchev–Trinajstić information content (AvgIpc) is 2.24. The van der Waals surface area contributed by atoms with E-state index < -0.39 is 8.07 Å². The molecule has 1 aromatic rings. The molecule has 1 rings (SSSR count). The van der Waals surface area contributed by atoms with Crippen LogP contribution < -0.4 is 5.56 Å². The van der Waals surface area contributed by atoms with Crippen molar-refractivity contribution in [2.45, 2.75) is 39.3 Å². The highest BCUT2D eigenvalue weighted by Gasteiger charge is 2.12. The Morgan fingerprint density at radius 1 is 1.50 bits per heavy atom. The van der Waals surface area contributed by atoms with Crippen molar-refractivity contribution in [3.05, 3.63) is 34.8 Å². The van der Waals surface area contributed by atoms with Gasteiger partial charge in [-0.3, -0.25) is 4.79 Å². The second kappa shape index (κ2) is 6.11. The summed E-state index contributed by atoms with van der Waals surface area (Å²) in [6.07, 6.45) is 1.64. The first-order valence-electron chi connectivity index (χ1n) is 6.10. The van der Waals surface area contributed by atoms with Crippen LogP contribution >= 0.6 is 0 Å². The van der Waals surface area contributed by atoms with E-state index >= 15 is 0 Å². The van der Waals surface area contributed by atoms with Crippen molar-refractivity contribution in [2.75, 3.05) is 6.61 Å². The van der Waals surface area contributed by atoms with Crippen molar-refractivity contribution >= 4 is 13.6 Å². The van der Waals surface area contributed by atoms with Crippen molar-refractivity contribution in [1.82, 2.24) is 9.78 Å². The molecule has 0 saturated carbocycles. The molecule has 0 bridgehead atoms. The van der Waals surface area contributed by atoms with Gasteiger partial charge in [0.2, 0.25) is 0 Å². The van der Waals surface area contributed by atoms with E-state index in [0.717, 1.165) is 17.2 Å². The molecule has 0 spiro atoms. The molecule has 1 heterocycles. The molecule has 0 unspecified atom stereocenters. The van der Waals surface area contributed by atoms with Crippen LogP contribution in [0, 0.1) is 0 Å². The molecule has 100 valence electrons.